The Labute approximate surface area is 466 Å². The average molecular weight is 1150 g/mol. The van der Waals surface area contributed by atoms with Crippen LogP contribution in [0.1, 0.15) is 70.4 Å². The Morgan fingerprint density at radius 1 is 0.850 bits per heavy atom. The fourth-order valence-electron chi connectivity index (χ4n) is 10.4. The molecule has 12 atom stereocenters. The lowest BCUT2D eigenvalue weighted by molar-refractivity contribution is -0.141. The highest BCUT2D eigenvalue weighted by Crippen LogP contribution is 2.45. The van der Waals surface area contributed by atoms with Crippen LogP contribution in [0.3, 0.4) is 0 Å². The Bertz CT molecular complexity index is 3090. The zero-order valence-electron chi connectivity index (χ0n) is 43.2. The number of likely N-dealkylation sites (N-methyl/N-ethyl adjacent to an activating group) is 1. The molecule has 0 aromatic heterocycles. The summed E-state index contributed by atoms with van der Waals surface area (Å²) in [6, 6.07) is -10.0. The molecule has 11 bridgehead atoms. The summed E-state index contributed by atoms with van der Waals surface area (Å²) in [7, 11) is 1.53. The predicted octanol–water partition coefficient (Wildman–Crippen LogP) is 0.212. The molecule has 6 amide bonds. The number of benzene rings is 1. The number of aliphatic hydroxyl groups excluding tert-OH is 5. The number of nitrogens with two attached hydrogens (primary N) is 2. The van der Waals surface area contributed by atoms with Crippen LogP contribution in [0.5, 0.6) is 17.2 Å². The summed E-state index contributed by atoms with van der Waals surface area (Å²) in [5.41, 5.74) is 12.1. The third-order valence-electron chi connectivity index (χ3n) is 14.5. The molecule has 17 N–H and O–H groups in total. The number of aliphatic hydroxyl groups is 5. The zero-order valence-corrected chi connectivity index (χ0v) is 44.7. The fourth-order valence-corrected chi connectivity index (χ4v) is 11.0. The normalized spacial score (nSPS) is 29.7. The molecule has 80 heavy (non-hydrogen) atoms. The molecule has 1 aromatic carbocycles. The van der Waals surface area contributed by atoms with Crippen molar-refractivity contribution < 1.29 is 78.8 Å². The summed E-state index contributed by atoms with van der Waals surface area (Å²) in [4.78, 5) is 103. The van der Waals surface area contributed by atoms with Gasteiger partial charge in [0.05, 0.1) is 34.7 Å². The number of carbonyl (C=O) groups excluding carboxylic acids is 6. The molecule has 4 aliphatic carbocycles. The van der Waals surface area contributed by atoms with Crippen molar-refractivity contribution in [2.24, 2.45) is 28.3 Å². The van der Waals surface area contributed by atoms with Gasteiger partial charge in [0.1, 0.15) is 59.5 Å². The number of ether oxygens (including phenoxy) is 2. The molecule has 0 spiro atoms. The highest BCUT2D eigenvalue weighted by atomic mass is 35.5. The number of aliphatic imine (C=N–C) groups is 1. The Morgan fingerprint density at radius 3 is 2.20 bits per heavy atom. The van der Waals surface area contributed by atoms with Crippen molar-refractivity contribution in [2.75, 3.05) is 7.05 Å². The van der Waals surface area contributed by atoms with Crippen molar-refractivity contribution in [3.63, 3.8) is 0 Å². The van der Waals surface area contributed by atoms with Crippen molar-refractivity contribution in [1.82, 2.24) is 31.9 Å². The number of primary amides is 1. The maximum absolute atomic E-state index is 15.1. The Morgan fingerprint density at radius 2 is 1.55 bits per heavy atom. The lowest BCUT2D eigenvalue weighted by atomic mass is 9.75. The number of carbonyl (C=O) groups is 7. The van der Waals surface area contributed by atoms with E-state index in [0.29, 0.717) is 6.42 Å². The number of aromatic hydroxyl groups is 1. The van der Waals surface area contributed by atoms with E-state index in [2.05, 4.69) is 36.9 Å². The van der Waals surface area contributed by atoms with Crippen LogP contribution in [0.25, 0.3) is 0 Å². The van der Waals surface area contributed by atoms with Gasteiger partial charge in [-0.3, -0.25) is 33.8 Å². The van der Waals surface area contributed by atoms with Crippen LogP contribution >= 0.6 is 23.2 Å². The van der Waals surface area contributed by atoms with E-state index in [-0.39, 0.29) is 80.9 Å². The van der Waals surface area contributed by atoms with Gasteiger partial charge in [-0.05, 0) is 103 Å². The van der Waals surface area contributed by atoms with E-state index in [4.69, 9.17) is 44.1 Å². The summed E-state index contributed by atoms with van der Waals surface area (Å²) in [6.07, 6.45) is 0.273. The van der Waals surface area contributed by atoms with E-state index in [1.165, 1.54) is 43.5 Å². The summed E-state index contributed by atoms with van der Waals surface area (Å²) < 4.78 is 12.6. The van der Waals surface area contributed by atoms with E-state index >= 15 is 4.79 Å². The number of amidine groups is 1. The minimum Gasteiger partial charge on any atom is -0.512 e. The number of halogens is 2. The SMILES string of the molecule is CN[C@H](CC(C)C)C(=O)N[C@H]1C(=O)NC(CC(N)=O)C(=O)N[C@H]2C(N)=N[C@H]3C(=O)N[C@H](C(=O)N[C@H](C(=O)O)C4=CC(O)CC(O)=C4C4CC3=CC=C4O)[C@H](O)C3=CC=C(Oc4cc2cc(c4O)OC2=C(Cl)C=C(CC2)[C@H]1O)C(Cl)C3. The summed E-state index contributed by atoms with van der Waals surface area (Å²) in [5, 5.41) is 94.3. The molecule has 0 saturated carbocycles. The highest BCUT2D eigenvalue weighted by molar-refractivity contribution is 6.31. The molecule has 1 fully saturated rings. The van der Waals surface area contributed by atoms with Crippen molar-refractivity contribution in [1.29, 1.82) is 0 Å². The lowest BCUT2D eigenvalue weighted by Crippen LogP contribution is -2.61. The van der Waals surface area contributed by atoms with Gasteiger partial charge in [0.25, 0.3) is 0 Å². The Hall–Kier alpha value is -7.68. The number of hydrogen-bond donors (Lipinski definition) is 15. The molecular weight excluding hydrogens is 1090 g/mol. The predicted molar refractivity (Wildman–Crippen MR) is 285 cm³/mol. The molecule has 4 unspecified atom stereocenters. The first-order valence-corrected chi connectivity index (χ1v) is 26.3. The van der Waals surface area contributed by atoms with Gasteiger partial charge in [0.2, 0.25) is 41.2 Å². The number of nitrogens with zero attached hydrogens (tertiary/aromatic N) is 1. The zero-order chi connectivity index (χ0) is 58.2. The minimum atomic E-state index is -2.06. The standard InChI is InChI=1S/C53H61Cl2N9O16/c1-19(2)10-29(58-3)48(72)63-42-44(69)21-5-8-33(27(54)12-21)79-35-14-23-15-36(46(35)71)80-34-9-6-22(13-28(34)55)45(70)43-52(76)62-41(53(77)78)26-16-24(65)17-32(67)38(26)25-11-20(4-7-31(25)66)40(50(74)64-43)60-47(57)39(23)61-49(73)30(18-37(56)68)59-51(42)75/h4,6-7,9,12,14-16,19,24-25,28-30,39-45,58,65-67,69-71H,5,8,10-11,13,17-18H2,1-3H3,(H2,56,68)(H2,57,60)(H,59,75)(H,61,73)(H,62,76)(H,63,72)(H,64,74)(H,77,78)/t24?,25?,28?,29-,30?,39-,40-,41+,42-,43+,44-,45-/m1/s1. The smallest absolute Gasteiger partial charge is 0.330 e. The summed E-state index contributed by atoms with van der Waals surface area (Å²) in [6.45, 7) is 3.73. The molecule has 25 nitrogen and oxygen atoms in total. The Balaban J connectivity index is 1.35. The van der Waals surface area contributed by atoms with Crippen LogP contribution in [0.15, 0.2) is 110 Å². The number of rotatable bonds is 8. The van der Waals surface area contributed by atoms with Crippen molar-refractivity contribution in [3.05, 3.63) is 110 Å². The second-order valence-corrected chi connectivity index (χ2v) is 21.6. The number of aliphatic carboxylic acids is 1. The largest absolute Gasteiger partial charge is 0.512 e. The molecule has 5 aliphatic heterocycles. The van der Waals surface area contributed by atoms with Gasteiger partial charge in [-0.15, -0.1) is 11.6 Å². The van der Waals surface area contributed by atoms with Gasteiger partial charge in [-0.2, -0.15) is 0 Å². The quantitative estimate of drug-likeness (QED) is 0.155. The van der Waals surface area contributed by atoms with Gasteiger partial charge in [-0.1, -0.05) is 37.6 Å². The second kappa shape index (κ2) is 24.0. The van der Waals surface area contributed by atoms with Crippen LogP contribution in [0.2, 0.25) is 0 Å². The number of phenolic OH excluding ortho intramolecular Hbond substituents is 1. The fraction of sp³-hybridized carbons (Fsp3) is 0.434. The van der Waals surface area contributed by atoms with Gasteiger partial charge in [-0.25, -0.2) is 4.79 Å². The molecule has 9 aliphatic rings. The van der Waals surface area contributed by atoms with Crippen LogP contribution in [-0.2, 0) is 33.6 Å². The topological polar surface area (TPSA) is 416 Å². The van der Waals surface area contributed by atoms with Crippen LogP contribution in [-0.4, -0.2) is 150 Å². The van der Waals surface area contributed by atoms with Crippen LogP contribution in [0.4, 0.5) is 0 Å². The molecule has 10 rings (SSSR count). The number of fused-ring (bicyclic) bond motifs is 14. The number of hydrogen-bond acceptors (Lipinski definition) is 18. The van der Waals surface area contributed by atoms with Gasteiger partial charge >= 0.3 is 5.97 Å². The van der Waals surface area contributed by atoms with E-state index in [1.54, 1.807) is 0 Å². The van der Waals surface area contributed by atoms with Gasteiger partial charge in [0.15, 0.2) is 23.6 Å². The minimum absolute atomic E-state index is 0.00408. The van der Waals surface area contributed by atoms with E-state index in [1.807, 2.05) is 13.8 Å². The first kappa shape index (κ1) is 58.5. The molecule has 428 valence electrons. The van der Waals surface area contributed by atoms with E-state index in [9.17, 15) is 64.5 Å². The van der Waals surface area contributed by atoms with Crippen LogP contribution in [0, 0.1) is 11.8 Å². The highest BCUT2D eigenvalue weighted by Gasteiger charge is 2.45. The number of alkyl halides is 1. The van der Waals surface area contributed by atoms with Crippen molar-refractivity contribution in [2.45, 2.75) is 125 Å². The van der Waals surface area contributed by atoms with Gasteiger partial charge in [0, 0.05) is 24.3 Å². The summed E-state index contributed by atoms with van der Waals surface area (Å²) >= 11 is 13.8. The van der Waals surface area contributed by atoms with Gasteiger partial charge < -0.3 is 88.6 Å². The molecule has 0 radical (unpaired) electrons. The number of nitrogens with one attached hydrogen (secondary N) is 6. The van der Waals surface area contributed by atoms with Crippen molar-refractivity contribution >= 4 is 70.4 Å². The molecule has 5 heterocycles. The van der Waals surface area contributed by atoms with Crippen molar-refractivity contribution in [3.8, 4) is 17.2 Å². The Kier molecular flexibility index (Phi) is 17.5. The first-order valence-electron chi connectivity index (χ1n) is 25.5. The average Bonchev–Trinajstić information content (AvgIpc) is 3.39. The maximum atomic E-state index is 15.1. The number of carboxylic acids is 1. The number of allylic oxidation sites excluding steroid dienone is 9. The molecular formula is C53H61Cl2N9O16. The molecule has 1 aromatic rings. The first-order chi connectivity index (χ1) is 37.8. The second-order valence-electron chi connectivity index (χ2n) is 20.6. The number of phenols is 1. The lowest BCUT2D eigenvalue weighted by Gasteiger charge is -2.36. The maximum Gasteiger partial charge on any atom is 0.330 e. The molecule has 1 saturated heterocycles. The molecule has 27 heteroatoms. The third-order valence-corrected chi connectivity index (χ3v) is 15.2. The van der Waals surface area contributed by atoms with E-state index in [0.717, 1.165) is 12.2 Å². The van der Waals surface area contributed by atoms with Crippen LogP contribution < -0.4 is 52.8 Å². The summed E-state index contributed by atoms with van der Waals surface area (Å²) in [5.74, 6) is -12.9. The third kappa shape index (κ3) is 12.4. The number of amides is 6. The number of carboxylic acid groups (broad SMARTS) is 1. The monoisotopic (exact) mass is 1150 g/mol. The van der Waals surface area contributed by atoms with E-state index < -0.39 is 161 Å².